The van der Waals surface area contributed by atoms with Crippen LogP contribution in [-0.2, 0) is 0 Å². The Kier molecular flexibility index (Phi) is 7.00. The highest BCUT2D eigenvalue weighted by molar-refractivity contribution is 7.08. The van der Waals surface area contributed by atoms with Crippen LogP contribution in [-0.4, -0.2) is 43.0 Å². The lowest BCUT2D eigenvalue weighted by molar-refractivity contribution is 0.259. The molecule has 0 amide bonds. The molecule has 3 rings (SSSR count). The third kappa shape index (κ3) is 5.08. The highest BCUT2D eigenvalue weighted by Crippen LogP contribution is 2.30. The van der Waals surface area contributed by atoms with E-state index in [0.717, 1.165) is 23.3 Å². The topological polar surface area (TPSA) is 119 Å². The minimum absolute atomic E-state index is 0.0425. The number of aromatic nitrogens is 1. The maximum absolute atomic E-state index is 14.8. The molecule has 0 aliphatic heterocycles. The van der Waals surface area contributed by atoms with E-state index in [0.29, 0.717) is 11.6 Å². The quantitative estimate of drug-likeness (QED) is 0.220. The molecule has 3 aromatic rings. The Hall–Kier alpha value is -3.28. The van der Waals surface area contributed by atoms with Crippen LogP contribution in [0.5, 0.6) is 5.75 Å². The van der Waals surface area contributed by atoms with E-state index in [1.807, 2.05) is 35.8 Å². The van der Waals surface area contributed by atoms with Crippen LogP contribution in [0.2, 0.25) is 0 Å². The average molecular weight is 448 g/mol. The van der Waals surface area contributed by atoms with Gasteiger partial charge < -0.3 is 21.2 Å². The number of ether oxygens (including phenoxy) is 1. The van der Waals surface area contributed by atoms with Gasteiger partial charge in [-0.1, -0.05) is 0 Å². The predicted molar refractivity (Wildman–Crippen MR) is 120 cm³/mol. The van der Waals surface area contributed by atoms with E-state index in [9.17, 15) is 8.78 Å². The van der Waals surface area contributed by atoms with E-state index in [1.54, 1.807) is 12.3 Å². The van der Waals surface area contributed by atoms with Crippen molar-refractivity contribution in [3.05, 3.63) is 58.4 Å². The van der Waals surface area contributed by atoms with E-state index in [1.165, 1.54) is 11.3 Å². The van der Waals surface area contributed by atoms with Crippen LogP contribution in [0.3, 0.4) is 0 Å². The van der Waals surface area contributed by atoms with Crippen LogP contribution >= 0.6 is 11.3 Å². The SMILES string of the molecule is CN(C)CCOc1cc(F)c(N(N)/C(=N\N)c2cc(-c3ccsc3)cnc2N)c(F)c1. The Labute approximate surface area is 182 Å². The van der Waals surface area contributed by atoms with Gasteiger partial charge in [-0.05, 0) is 42.6 Å². The van der Waals surface area contributed by atoms with Crippen molar-refractivity contribution in [2.75, 3.05) is 38.0 Å². The van der Waals surface area contributed by atoms with Gasteiger partial charge in [-0.3, -0.25) is 5.01 Å². The van der Waals surface area contributed by atoms with E-state index >= 15 is 0 Å². The molecule has 0 spiro atoms. The second kappa shape index (κ2) is 9.69. The maximum atomic E-state index is 14.8. The fraction of sp³-hybridized carbons (Fsp3) is 0.200. The van der Waals surface area contributed by atoms with Crippen LogP contribution in [0, 0.1) is 11.6 Å². The summed E-state index contributed by atoms with van der Waals surface area (Å²) in [6.45, 7) is 0.857. The van der Waals surface area contributed by atoms with Crippen molar-refractivity contribution >= 4 is 28.7 Å². The molecule has 0 fully saturated rings. The summed E-state index contributed by atoms with van der Waals surface area (Å²) in [6, 6.07) is 5.65. The molecule has 164 valence electrons. The third-order valence-electron chi connectivity index (χ3n) is 4.40. The van der Waals surface area contributed by atoms with Crippen molar-refractivity contribution in [3.63, 3.8) is 0 Å². The molecule has 0 radical (unpaired) electrons. The van der Waals surface area contributed by atoms with Crippen LogP contribution in [0.25, 0.3) is 11.1 Å². The number of nitrogens with zero attached hydrogens (tertiary/aromatic N) is 4. The van der Waals surface area contributed by atoms with Gasteiger partial charge in [0, 0.05) is 30.4 Å². The monoisotopic (exact) mass is 447 g/mol. The number of amidine groups is 1. The molecular formula is C20H23F2N7OS. The smallest absolute Gasteiger partial charge is 0.178 e. The number of rotatable bonds is 7. The van der Waals surface area contributed by atoms with Crippen molar-refractivity contribution in [1.29, 1.82) is 0 Å². The standard InChI is InChI=1S/C20H23F2N7OS/c1-28(2)4-5-30-14-8-16(21)18(17(22)9-14)29(25)20(27-24)15-7-13(10-26-19(15)23)12-3-6-31-11-12/h3,6-11H,4-5,24-25H2,1-2H3,(H2,23,26)/b27-20-. The number of hydrogen-bond acceptors (Lipinski definition) is 8. The second-order valence-corrected chi connectivity index (χ2v) is 7.66. The molecule has 1 aromatic carbocycles. The van der Waals surface area contributed by atoms with Crippen molar-refractivity contribution in [1.82, 2.24) is 9.88 Å². The summed E-state index contributed by atoms with van der Waals surface area (Å²) >= 11 is 1.51. The lowest BCUT2D eigenvalue weighted by Gasteiger charge is -2.22. The molecule has 2 aromatic heterocycles. The number of nitrogens with two attached hydrogens (primary N) is 3. The number of benzene rings is 1. The van der Waals surface area contributed by atoms with Gasteiger partial charge in [0.15, 0.2) is 17.5 Å². The lowest BCUT2D eigenvalue weighted by atomic mass is 10.1. The van der Waals surface area contributed by atoms with Crippen LogP contribution in [0.1, 0.15) is 5.56 Å². The van der Waals surface area contributed by atoms with Gasteiger partial charge in [-0.25, -0.2) is 19.6 Å². The van der Waals surface area contributed by atoms with Crippen LogP contribution in [0.4, 0.5) is 20.3 Å². The van der Waals surface area contributed by atoms with Crippen molar-refractivity contribution in [2.45, 2.75) is 0 Å². The number of pyridine rings is 1. The van der Waals surface area contributed by atoms with Crippen molar-refractivity contribution in [2.24, 2.45) is 16.8 Å². The third-order valence-corrected chi connectivity index (χ3v) is 5.09. The lowest BCUT2D eigenvalue weighted by Crippen LogP contribution is -2.40. The zero-order valence-electron chi connectivity index (χ0n) is 17.0. The first-order valence-electron chi connectivity index (χ1n) is 9.19. The average Bonchev–Trinajstić information content (AvgIpc) is 3.24. The van der Waals surface area contributed by atoms with E-state index in [-0.39, 0.29) is 29.6 Å². The number of anilines is 2. The molecule has 8 nitrogen and oxygen atoms in total. The van der Waals surface area contributed by atoms with Gasteiger partial charge >= 0.3 is 0 Å². The molecule has 0 aliphatic rings. The molecule has 0 saturated heterocycles. The molecule has 0 unspecified atom stereocenters. The number of likely N-dealkylation sites (N-methyl/N-ethyl adjacent to an activating group) is 1. The van der Waals surface area contributed by atoms with E-state index in [2.05, 4.69) is 10.1 Å². The Balaban J connectivity index is 1.93. The van der Waals surface area contributed by atoms with Crippen molar-refractivity contribution in [3.8, 4) is 16.9 Å². The van der Waals surface area contributed by atoms with Gasteiger partial charge in [0.2, 0.25) is 0 Å². The van der Waals surface area contributed by atoms with Gasteiger partial charge in [-0.2, -0.15) is 16.4 Å². The number of nitrogen functional groups attached to an aromatic ring is 1. The zero-order valence-corrected chi connectivity index (χ0v) is 17.9. The number of hydrazone groups is 1. The summed E-state index contributed by atoms with van der Waals surface area (Å²) < 4.78 is 34.9. The normalized spacial score (nSPS) is 11.7. The fourth-order valence-electron chi connectivity index (χ4n) is 2.81. The highest BCUT2D eigenvalue weighted by Gasteiger charge is 2.24. The maximum Gasteiger partial charge on any atom is 0.178 e. The van der Waals surface area contributed by atoms with Crippen LogP contribution in [0.15, 0.2) is 46.3 Å². The molecule has 0 bridgehead atoms. The molecule has 2 heterocycles. The first kappa shape index (κ1) is 22.4. The highest BCUT2D eigenvalue weighted by atomic mass is 32.1. The summed E-state index contributed by atoms with van der Waals surface area (Å²) in [5.74, 6) is 9.61. The number of halogens is 2. The molecule has 0 atom stereocenters. The Morgan fingerprint density at radius 3 is 2.48 bits per heavy atom. The number of hydrogen-bond donors (Lipinski definition) is 3. The van der Waals surface area contributed by atoms with E-state index < -0.39 is 17.3 Å². The summed E-state index contributed by atoms with van der Waals surface area (Å²) in [5, 5.41) is 8.16. The van der Waals surface area contributed by atoms with Gasteiger partial charge in [-0.15, -0.1) is 0 Å². The largest absolute Gasteiger partial charge is 0.492 e. The fourth-order valence-corrected chi connectivity index (χ4v) is 3.48. The van der Waals surface area contributed by atoms with Gasteiger partial charge in [0.25, 0.3) is 0 Å². The Morgan fingerprint density at radius 2 is 1.90 bits per heavy atom. The summed E-state index contributed by atoms with van der Waals surface area (Å²) in [5.41, 5.74) is 7.29. The number of thiophene rings is 1. The number of hydrazine groups is 1. The molecular weight excluding hydrogens is 424 g/mol. The molecule has 6 N–H and O–H groups in total. The predicted octanol–water partition coefficient (Wildman–Crippen LogP) is 2.61. The van der Waals surface area contributed by atoms with Gasteiger partial charge in [0.1, 0.15) is 23.9 Å². The minimum Gasteiger partial charge on any atom is -0.492 e. The summed E-state index contributed by atoms with van der Waals surface area (Å²) in [4.78, 5) is 6.02. The second-order valence-electron chi connectivity index (χ2n) is 6.88. The first-order valence-corrected chi connectivity index (χ1v) is 10.1. The Bertz CT molecular complexity index is 1050. The molecule has 31 heavy (non-hydrogen) atoms. The van der Waals surface area contributed by atoms with Crippen LogP contribution < -0.4 is 27.2 Å². The van der Waals surface area contributed by atoms with Crippen molar-refractivity contribution < 1.29 is 13.5 Å². The zero-order chi connectivity index (χ0) is 22.5. The Morgan fingerprint density at radius 1 is 1.19 bits per heavy atom. The van der Waals surface area contributed by atoms with Gasteiger partial charge in [0.05, 0.1) is 5.56 Å². The summed E-state index contributed by atoms with van der Waals surface area (Å²) in [6.07, 6.45) is 1.58. The minimum atomic E-state index is -0.941. The molecule has 0 aliphatic carbocycles. The molecule has 11 heteroatoms. The van der Waals surface area contributed by atoms with E-state index in [4.69, 9.17) is 22.2 Å². The first-order chi connectivity index (χ1) is 14.8. The molecule has 0 saturated carbocycles. The summed E-state index contributed by atoms with van der Waals surface area (Å²) in [7, 11) is 3.73.